The van der Waals surface area contributed by atoms with E-state index in [1.54, 1.807) is 6.07 Å². The number of benzene rings is 2. The summed E-state index contributed by atoms with van der Waals surface area (Å²) < 4.78 is 13.6. The zero-order valence-corrected chi connectivity index (χ0v) is 11.2. The first-order valence-electron chi connectivity index (χ1n) is 6.46. The molecule has 0 aliphatic carbocycles. The summed E-state index contributed by atoms with van der Waals surface area (Å²) >= 11 is 0. The number of carbonyl (C=O) groups is 1. The highest BCUT2D eigenvalue weighted by atomic mass is 19.1. The molecule has 0 radical (unpaired) electrons. The summed E-state index contributed by atoms with van der Waals surface area (Å²) in [6.07, 6.45) is 0.896. The van der Waals surface area contributed by atoms with Crippen molar-refractivity contribution in [3.05, 3.63) is 65.0 Å². The Morgan fingerprint density at radius 3 is 2.50 bits per heavy atom. The van der Waals surface area contributed by atoms with Crippen LogP contribution >= 0.6 is 0 Å². The average Bonchev–Trinajstić information content (AvgIpc) is 2.45. The van der Waals surface area contributed by atoms with E-state index >= 15 is 0 Å². The predicted molar refractivity (Wildman–Crippen MR) is 76.5 cm³/mol. The second-order valence-electron chi connectivity index (χ2n) is 4.44. The van der Waals surface area contributed by atoms with Gasteiger partial charge in [-0.25, -0.2) is 9.18 Å². The van der Waals surface area contributed by atoms with E-state index in [0.717, 1.165) is 18.1 Å². The van der Waals surface area contributed by atoms with Crippen LogP contribution in [0.15, 0.2) is 42.5 Å². The Hall–Kier alpha value is -2.36. The second kappa shape index (κ2) is 6.19. The van der Waals surface area contributed by atoms with Gasteiger partial charge in [0.1, 0.15) is 11.4 Å². The zero-order valence-electron chi connectivity index (χ0n) is 11.2. The number of carboxylic acid groups (broad SMARTS) is 1. The molecule has 0 aromatic heterocycles. The molecule has 0 unspecified atom stereocenters. The van der Waals surface area contributed by atoms with Crippen molar-refractivity contribution >= 4 is 11.7 Å². The maximum absolute atomic E-state index is 13.6. The first kappa shape index (κ1) is 14.1. The first-order chi connectivity index (χ1) is 9.63. The molecule has 4 heteroatoms. The third-order valence-corrected chi connectivity index (χ3v) is 3.20. The number of anilines is 1. The summed E-state index contributed by atoms with van der Waals surface area (Å²) in [5.41, 5.74) is 2.24. The highest BCUT2D eigenvalue weighted by Crippen LogP contribution is 2.20. The van der Waals surface area contributed by atoms with Gasteiger partial charge in [0.15, 0.2) is 0 Å². The molecule has 0 bridgehead atoms. The molecule has 0 spiro atoms. The van der Waals surface area contributed by atoms with Crippen molar-refractivity contribution in [3.8, 4) is 0 Å². The summed E-state index contributed by atoms with van der Waals surface area (Å²) in [4.78, 5) is 11.1. The van der Waals surface area contributed by atoms with E-state index in [1.807, 2.05) is 24.3 Å². The SMILES string of the molecule is CCc1ccccc1CNc1cccc(F)c1C(=O)O. The molecule has 0 saturated heterocycles. The van der Waals surface area contributed by atoms with E-state index < -0.39 is 11.8 Å². The molecule has 2 aromatic carbocycles. The standard InChI is InChI=1S/C16H16FNO2/c1-2-11-6-3-4-7-12(11)10-18-14-9-5-8-13(17)15(14)16(19)20/h3-9,18H,2,10H2,1H3,(H,19,20). The van der Waals surface area contributed by atoms with Crippen LogP contribution in [0, 0.1) is 5.82 Å². The van der Waals surface area contributed by atoms with Crippen molar-refractivity contribution in [1.82, 2.24) is 0 Å². The van der Waals surface area contributed by atoms with Gasteiger partial charge in [-0.3, -0.25) is 0 Å². The number of hydrogen-bond donors (Lipinski definition) is 2. The van der Waals surface area contributed by atoms with Gasteiger partial charge in [0.25, 0.3) is 0 Å². The minimum atomic E-state index is -1.27. The van der Waals surface area contributed by atoms with Crippen molar-refractivity contribution in [2.75, 3.05) is 5.32 Å². The predicted octanol–water partition coefficient (Wildman–Crippen LogP) is 3.70. The van der Waals surface area contributed by atoms with Gasteiger partial charge in [0.2, 0.25) is 0 Å². The average molecular weight is 273 g/mol. The van der Waals surface area contributed by atoms with Gasteiger partial charge in [0, 0.05) is 6.54 Å². The second-order valence-corrected chi connectivity index (χ2v) is 4.44. The van der Waals surface area contributed by atoms with Crippen molar-refractivity contribution < 1.29 is 14.3 Å². The van der Waals surface area contributed by atoms with Crippen molar-refractivity contribution in [2.45, 2.75) is 19.9 Å². The monoisotopic (exact) mass is 273 g/mol. The van der Waals surface area contributed by atoms with Crippen LogP contribution in [0.25, 0.3) is 0 Å². The number of aromatic carboxylic acids is 1. The fraction of sp³-hybridized carbons (Fsp3) is 0.188. The van der Waals surface area contributed by atoms with Crippen LogP contribution in [-0.4, -0.2) is 11.1 Å². The van der Waals surface area contributed by atoms with Crippen LogP contribution in [0.1, 0.15) is 28.4 Å². The summed E-state index contributed by atoms with van der Waals surface area (Å²) in [6.45, 7) is 2.53. The van der Waals surface area contributed by atoms with E-state index in [0.29, 0.717) is 12.2 Å². The number of rotatable bonds is 5. The number of carboxylic acids is 1. The van der Waals surface area contributed by atoms with Crippen LogP contribution < -0.4 is 5.32 Å². The van der Waals surface area contributed by atoms with Crippen molar-refractivity contribution in [3.63, 3.8) is 0 Å². The van der Waals surface area contributed by atoms with Gasteiger partial charge in [-0.1, -0.05) is 37.3 Å². The van der Waals surface area contributed by atoms with Gasteiger partial charge in [0.05, 0.1) is 5.69 Å². The van der Waals surface area contributed by atoms with Crippen LogP contribution in [0.4, 0.5) is 10.1 Å². The first-order valence-corrected chi connectivity index (χ1v) is 6.46. The van der Waals surface area contributed by atoms with Gasteiger partial charge >= 0.3 is 5.97 Å². The van der Waals surface area contributed by atoms with E-state index in [-0.39, 0.29) is 5.56 Å². The molecular formula is C16H16FNO2. The van der Waals surface area contributed by atoms with E-state index in [9.17, 15) is 9.18 Å². The van der Waals surface area contributed by atoms with E-state index in [2.05, 4.69) is 12.2 Å². The maximum Gasteiger partial charge on any atom is 0.340 e. The minimum absolute atomic E-state index is 0.295. The molecule has 0 heterocycles. The Labute approximate surface area is 117 Å². The van der Waals surface area contributed by atoms with Gasteiger partial charge in [-0.15, -0.1) is 0 Å². The van der Waals surface area contributed by atoms with E-state index in [4.69, 9.17) is 5.11 Å². The topological polar surface area (TPSA) is 49.3 Å². The molecule has 0 atom stereocenters. The normalized spacial score (nSPS) is 10.3. The summed E-state index contributed by atoms with van der Waals surface area (Å²) in [5, 5.41) is 12.1. The number of halogens is 1. The van der Waals surface area contributed by atoms with E-state index in [1.165, 1.54) is 11.6 Å². The molecule has 0 amide bonds. The fourth-order valence-corrected chi connectivity index (χ4v) is 2.15. The molecule has 0 fully saturated rings. The molecule has 0 aliphatic heterocycles. The molecule has 0 aliphatic rings. The Morgan fingerprint density at radius 1 is 1.15 bits per heavy atom. The maximum atomic E-state index is 13.6. The largest absolute Gasteiger partial charge is 0.478 e. The van der Waals surface area contributed by atoms with Crippen LogP contribution in [-0.2, 0) is 13.0 Å². The number of hydrogen-bond acceptors (Lipinski definition) is 2. The van der Waals surface area contributed by atoms with Gasteiger partial charge in [-0.2, -0.15) is 0 Å². The van der Waals surface area contributed by atoms with Crippen LogP contribution in [0.5, 0.6) is 0 Å². The van der Waals surface area contributed by atoms with Crippen molar-refractivity contribution in [1.29, 1.82) is 0 Å². The number of aryl methyl sites for hydroxylation is 1. The lowest BCUT2D eigenvalue weighted by atomic mass is 10.0. The smallest absolute Gasteiger partial charge is 0.340 e. The lowest BCUT2D eigenvalue weighted by molar-refractivity contribution is 0.0693. The zero-order chi connectivity index (χ0) is 14.5. The summed E-state index contributed by atoms with van der Waals surface area (Å²) in [7, 11) is 0. The Bertz CT molecular complexity index is 626. The summed E-state index contributed by atoms with van der Waals surface area (Å²) in [5.74, 6) is -2.00. The third-order valence-electron chi connectivity index (χ3n) is 3.20. The minimum Gasteiger partial charge on any atom is -0.478 e. The lowest BCUT2D eigenvalue weighted by Crippen LogP contribution is -2.09. The molecule has 2 aromatic rings. The van der Waals surface area contributed by atoms with Crippen LogP contribution in [0.2, 0.25) is 0 Å². The Morgan fingerprint density at radius 2 is 1.85 bits per heavy atom. The van der Waals surface area contributed by atoms with Gasteiger partial charge in [-0.05, 0) is 29.7 Å². The highest BCUT2D eigenvalue weighted by Gasteiger charge is 2.15. The number of nitrogens with one attached hydrogen (secondary N) is 1. The summed E-state index contributed by atoms with van der Waals surface area (Å²) in [6, 6.07) is 12.1. The molecule has 2 N–H and O–H groups in total. The molecule has 2 rings (SSSR count). The highest BCUT2D eigenvalue weighted by molar-refractivity contribution is 5.94. The van der Waals surface area contributed by atoms with Crippen LogP contribution in [0.3, 0.4) is 0 Å². The quantitative estimate of drug-likeness (QED) is 0.873. The molecule has 20 heavy (non-hydrogen) atoms. The molecule has 0 saturated carbocycles. The third kappa shape index (κ3) is 2.96. The van der Waals surface area contributed by atoms with Crippen molar-refractivity contribution in [2.24, 2.45) is 0 Å². The van der Waals surface area contributed by atoms with Gasteiger partial charge < -0.3 is 10.4 Å². The lowest BCUT2D eigenvalue weighted by Gasteiger charge is -2.12. The Kier molecular flexibility index (Phi) is 4.35. The Balaban J connectivity index is 2.23. The fourth-order valence-electron chi connectivity index (χ4n) is 2.15. The molecule has 3 nitrogen and oxygen atoms in total. The molecular weight excluding hydrogens is 257 g/mol. The molecule has 104 valence electrons.